The summed E-state index contributed by atoms with van der Waals surface area (Å²) < 4.78 is 0. The van der Waals surface area contributed by atoms with Crippen molar-refractivity contribution in [2.75, 3.05) is 0 Å². The molecule has 0 bridgehead atoms. The van der Waals surface area contributed by atoms with Crippen LogP contribution in [0.5, 0.6) is 0 Å². The van der Waals surface area contributed by atoms with Crippen molar-refractivity contribution in [1.82, 2.24) is 5.06 Å². The van der Waals surface area contributed by atoms with Crippen LogP contribution in [0.1, 0.15) is 40.0 Å². The highest BCUT2D eigenvalue weighted by atomic mass is 16.7. The van der Waals surface area contributed by atoms with Crippen molar-refractivity contribution >= 4 is 11.8 Å². The van der Waals surface area contributed by atoms with Crippen LogP contribution in [0, 0.1) is 0 Å². The van der Waals surface area contributed by atoms with Gasteiger partial charge in [0.05, 0.1) is 11.1 Å². The zero-order chi connectivity index (χ0) is 12.5. The first kappa shape index (κ1) is 11.2. The molecule has 1 aromatic rings. The Bertz CT molecular complexity index is 501. The van der Waals surface area contributed by atoms with Gasteiger partial charge >= 0.3 is 0 Å². The van der Waals surface area contributed by atoms with Gasteiger partial charge in [-0.15, -0.1) is 5.06 Å². The molecule has 18 heavy (non-hydrogen) atoms. The van der Waals surface area contributed by atoms with E-state index in [0.717, 1.165) is 24.3 Å². The third-order valence-electron chi connectivity index (χ3n) is 3.21. The molecule has 1 aliphatic heterocycles. The van der Waals surface area contributed by atoms with E-state index in [1.54, 1.807) is 24.3 Å². The number of hydrogen-bond donors (Lipinski definition) is 0. The molecule has 0 radical (unpaired) electrons. The first-order valence-corrected chi connectivity index (χ1v) is 6.08. The molecule has 0 N–H and O–H groups in total. The van der Waals surface area contributed by atoms with Crippen LogP contribution in [-0.2, 0) is 4.84 Å². The third-order valence-corrected chi connectivity index (χ3v) is 3.21. The van der Waals surface area contributed by atoms with Crippen molar-refractivity contribution in [3.63, 3.8) is 0 Å². The molecule has 1 atom stereocenters. The molecule has 0 saturated heterocycles. The van der Waals surface area contributed by atoms with Gasteiger partial charge in [-0.1, -0.05) is 24.3 Å². The van der Waals surface area contributed by atoms with Crippen LogP contribution < -0.4 is 0 Å². The van der Waals surface area contributed by atoms with Gasteiger partial charge in [-0.05, 0) is 31.4 Å². The summed E-state index contributed by atoms with van der Waals surface area (Å²) in [6, 6.07) is 6.79. The van der Waals surface area contributed by atoms with Crippen LogP contribution in [0.4, 0.5) is 0 Å². The van der Waals surface area contributed by atoms with Crippen molar-refractivity contribution in [1.29, 1.82) is 0 Å². The molecule has 4 nitrogen and oxygen atoms in total. The molecular weight excluding hydrogens is 230 g/mol. The minimum atomic E-state index is -0.366. The lowest BCUT2D eigenvalue weighted by Crippen LogP contribution is -2.34. The van der Waals surface area contributed by atoms with Gasteiger partial charge in [0, 0.05) is 0 Å². The first-order chi connectivity index (χ1) is 8.77. The molecule has 0 fully saturated rings. The fourth-order valence-electron chi connectivity index (χ4n) is 2.27. The van der Waals surface area contributed by atoms with Crippen LogP contribution in [-0.4, -0.2) is 23.0 Å². The zero-order valence-corrected chi connectivity index (χ0v) is 9.83. The van der Waals surface area contributed by atoms with E-state index in [0.29, 0.717) is 11.1 Å². The summed E-state index contributed by atoms with van der Waals surface area (Å²) in [7, 11) is 0. The SMILES string of the molecule is O=C1c2ccccc2C(=O)N1OC1C=CCCC1. The van der Waals surface area contributed by atoms with Crippen LogP contribution in [0.25, 0.3) is 0 Å². The second-order valence-corrected chi connectivity index (χ2v) is 4.45. The van der Waals surface area contributed by atoms with Gasteiger partial charge in [0.1, 0.15) is 6.10 Å². The van der Waals surface area contributed by atoms with Gasteiger partial charge in [-0.25, -0.2) is 0 Å². The third kappa shape index (κ3) is 1.75. The van der Waals surface area contributed by atoms with Crippen molar-refractivity contribution < 1.29 is 14.4 Å². The minimum absolute atomic E-state index is 0.180. The monoisotopic (exact) mass is 243 g/mol. The topological polar surface area (TPSA) is 46.6 Å². The number of allylic oxidation sites excluding steroid dienone is 1. The number of hydrogen-bond acceptors (Lipinski definition) is 3. The Hall–Kier alpha value is -1.94. The molecular formula is C14H13NO3. The summed E-state index contributed by atoms with van der Waals surface area (Å²) in [5.74, 6) is -0.732. The lowest BCUT2D eigenvalue weighted by atomic mass is 10.1. The Balaban J connectivity index is 1.83. The quantitative estimate of drug-likeness (QED) is 0.591. The van der Waals surface area contributed by atoms with Gasteiger partial charge in [-0.2, -0.15) is 0 Å². The van der Waals surface area contributed by atoms with E-state index in [4.69, 9.17) is 4.84 Å². The standard InChI is InChI=1S/C14H13NO3/c16-13-11-8-4-5-9-12(11)14(17)15(13)18-10-6-2-1-3-7-10/h2,4-6,8-10H,1,3,7H2. The van der Waals surface area contributed by atoms with Crippen LogP contribution in [0.15, 0.2) is 36.4 Å². The van der Waals surface area contributed by atoms with Crippen molar-refractivity contribution in [3.8, 4) is 0 Å². The fourth-order valence-corrected chi connectivity index (χ4v) is 2.27. The Kier molecular flexibility index (Phi) is 2.72. The Morgan fingerprint density at radius 1 is 1.11 bits per heavy atom. The molecule has 0 saturated carbocycles. The number of imide groups is 1. The minimum Gasteiger partial charge on any atom is -0.266 e. The van der Waals surface area contributed by atoms with E-state index in [-0.39, 0.29) is 17.9 Å². The molecule has 0 aromatic heterocycles. The Labute approximate surface area is 105 Å². The molecule has 4 heteroatoms. The highest BCUT2D eigenvalue weighted by Gasteiger charge is 2.37. The summed E-state index contributed by atoms with van der Waals surface area (Å²) in [5, 5.41) is 0.894. The molecule has 1 heterocycles. The van der Waals surface area contributed by atoms with E-state index in [1.807, 2.05) is 12.2 Å². The van der Waals surface area contributed by atoms with Crippen molar-refractivity contribution in [3.05, 3.63) is 47.5 Å². The number of amides is 2. The maximum atomic E-state index is 12.0. The number of fused-ring (bicyclic) bond motifs is 1. The molecule has 92 valence electrons. The average Bonchev–Trinajstić information content (AvgIpc) is 2.66. The molecule has 1 aliphatic carbocycles. The molecule has 2 aliphatic rings. The van der Waals surface area contributed by atoms with Gasteiger partial charge in [-0.3, -0.25) is 14.4 Å². The molecule has 1 unspecified atom stereocenters. The number of carbonyl (C=O) groups excluding carboxylic acids is 2. The predicted molar refractivity (Wildman–Crippen MR) is 64.8 cm³/mol. The van der Waals surface area contributed by atoms with E-state index >= 15 is 0 Å². The fraction of sp³-hybridized carbons (Fsp3) is 0.286. The highest BCUT2D eigenvalue weighted by molar-refractivity contribution is 6.20. The second-order valence-electron chi connectivity index (χ2n) is 4.45. The zero-order valence-electron chi connectivity index (χ0n) is 9.83. The maximum absolute atomic E-state index is 12.0. The number of hydroxylamine groups is 2. The summed E-state index contributed by atoms with van der Waals surface area (Å²) in [6.45, 7) is 0. The molecule has 0 spiro atoms. The Morgan fingerprint density at radius 2 is 1.78 bits per heavy atom. The molecule has 1 aromatic carbocycles. The number of carbonyl (C=O) groups is 2. The van der Waals surface area contributed by atoms with Crippen LogP contribution >= 0.6 is 0 Å². The first-order valence-electron chi connectivity index (χ1n) is 6.08. The van der Waals surface area contributed by atoms with Crippen LogP contribution in [0.2, 0.25) is 0 Å². The largest absolute Gasteiger partial charge is 0.285 e. The number of benzene rings is 1. The second kappa shape index (κ2) is 4.38. The van der Waals surface area contributed by atoms with E-state index < -0.39 is 0 Å². The lowest BCUT2D eigenvalue weighted by Gasteiger charge is -2.21. The predicted octanol–water partition coefficient (Wildman–Crippen LogP) is 2.32. The lowest BCUT2D eigenvalue weighted by molar-refractivity contribution is -0.119. The average molecular weight is 243 g/mol. The van der Waals surface area contributed by atoms with Gasteiger partial charge < -0.3 is 0 Å². The van der Waals surface area contributed by atoms with Gasteiger partial charge in [0.15, 0.2) is 0 Å². The smallest absolute Gasteiger partial charge is 0.266 e. The highest BCUT2D eigenvalue weighted by Crippen LogP contribution is 2.25. The summed E-state index contributed by atoms with van der Waals surface area (Å²) in [5.41, 5.74) is 0.838. The van der Waals surface area contributed by atoms with E-state index in [2.05, 4.69) is 0 Å². The number of nitrogens with zero attached hydrogens (tertiary/aromatic N) is 1. The summed E-state index contributed by atoms with van der Waals surface area (Å²) in [6.07, 6.45) is 6.64. The van der Waals surface area contributed by atoms with Gasteiger partial charge in [0.25, 0.3) is 11.8 Å². The van der Waals surface area contributed by atoms with E-state index in [9.17, 15) is 9.59 Å². The van der Waals surface area contributed by atoms with E-state index in [1.165, 1.54) is 0 Å². The summed E-state index contributed by atoms with van der Waals surface area (Å²) >= 11 is 0. The Morgan fingerprint density at radius 3 is 2.33 bits per heavy atom. The number of rotatable bonds is 2. The maximum Gasteiger partial charge on any atom is 0.285 e. The van der Waals surface area contributed by atoms with Crippen molar-refractivity contribution in [2.45, 2.75) is 25.4 Å². The normalized spacial score (nSPS) is 22.4. The summed E-state index contributed by atoms with van der Waals surface area (Å²) in [4.78, 5) is 29.6. The molecule has 3 rings (SSSR count). The van der Waals surface area contributed by atoms with Crippen molar-refractivity contribution in [2.24, 2.45) is 0 Å². The van der Waals surface area contributed by atoms with Crippen LogP contribution in [0.3, 0.4) is 0 Å². The van der Waals surface area contributed by atoms with Gasteiger partial charge in [0.2, 0.25) is 0 Å². The molecule has 2 amide bonds.